The molecule has 7 heteroatoms. The standard InChI is InChI=1S/C9H10BrN5O/c1-5-2-6(16-15-5)3-12-9-7(10)8(11)13-4-14-9/h2,4H,3H2,1H3,(H3,11,12,13,14). The van der Waals surface area contributed by atoms with E-state index in [4.69, 9.17) is 10.3 Å². The van der Waals surface area contributed by atoms with Gasteiger partial charge >= 0.3 is 0 Å². The Morgan fingerprint density at radius 3 is 3.00 bits per heavy atom. The third-order valence-corrected chi connectivity index (χ3v) is 2.71. The highest BCUT2D eigenvalue weighted by Crippen LogP contribution is 2.24. The number of anilines is 2. The molecular formula is C9H10BrN5O. The van der Waals surface area contributed by atoms with Crippen molar-refractivity contribution in [3.63, 3.8) is 0 Å². The summed E-state index contributed by atoms with van der Waals surface area (Å²) in [6, 6.07) is 1.85. The fraction of sp³-hybridized carbons (Fsp3) is 0.222. The molecule has 0 aliphatic carbocycles. The molecule has 0 amide bonds. The minimum absolute atomic E-state index is 0.395. The Kier molecular flexibility index (Phi) is 3.04. The summed E-state index contributed by atoms with van der Waals surface area (Å²) in [7, 11) is 0. The van der Waals surface area contributed by atoms with Crippen molar-refractivity contribution in [2.45, 2.75) is 13.5 Å². The van der Waals surface area contributed by atoms with E-state index in [-0.39, 0.29) is 0 Å². The Balaban J connectivity index is 2.07. The lowest BCUT2D eigenvalue weighted by atomic mass is 10.4. The van der Waals surface area contributed by atoms with Crippen LogP contribution in [-0.2, 0) is 6.54 Å². The molecule has 0 aliphatic heterocycles. The van der Waals surface area contributed by atoms with Crippen molar-refractivity contribution in [1.29, 1.82) is 0 Å². The molecule has 0 aliphatic rings. The number of aromatic nitrogens is 3. The number of nitrogens with zero attached hydrogens (tertiary/aromatic N) is 3. The minimum atomic E-state index is 0.395. The SMILES string of the molecule is Cc1cc(CNc2ncnc(N)c2Br)on1. The summed E-state index contributed by atoms with van der Waals surface area (Å²) in [5, 5.41) is 6.86. The van der Waals surface area contributed by atoms with Crippen molar-refractivity contribution in [3.05, 3.63) is 28.3 Å². The zero-order valence-corrected chi connectivity index (χ0v) is 10.2. The van der Waals surface area contributed by atoms with Crippen molar-refractivity contribution in [3.8, 4) is 0 Å². The average molecular weight is 284 g/mol. The van der Waals surface area contributed by atoms with E-state index in [1.807, 2.05) is 13.0 Å². The molecule has 0 saturated carbocycles. The van der Waals surface area contributed by atoms with Crippen LogP contribution in [-0.4, -0.2) is 15.1 Å². The topological polar surface area (TPSA) is 89.9 Å². The average Bonchev–Trinajstić information content (AvgIpc) is 2.67. The second kappa shape index (κ2) is 4.48. The molecule has 0 spiro atoms. The number of aryl methyl sites for hydroxylation is 1. The van der Waals surface area contributed by atoms with E-state index in [1.54, 1.807) is 0 Å². The largest absolute Gasteiger partial charge is 0.383 e. The van der Waals surface area contributed by atoms with Gasteiger partial charge in [0.2, 0.25) is 0 Å². The molecule has 0 saturated heterocycles. The van der Waals surface area contributed by atoms with Crippen molar-refractivity contribution < 1.29 is 4.52 Å². The third kappa shape index (κ3) is 2.30. The molecule has 2 rings (SSSR count). The van der Waals surface area contributed by atoms with Gasteiger partial charge in [-0.15, -0.1) is 0 Å². The number of nitrogen functional groups attached to an aromatic ring is 1. The highest BCUT2D eigenvalue weighted by Gasteiger charge is 2.06. The third-order valence-electron chi connectivity index (χ3n) is 1.92. The summed E-state index contributed by atoms with van der Waals surface area (Å²) in [6.45, 7) is 2.36. The highest BCUT2D eigenvalue weighted by atomic mass is 79.9. The second-order valence-electron chi connectivity index (χ2n) is 3.21. The van der Waals surface area contributed by atoms with Gasteiger partial charge in [-0.3, -0.25) is 0 Å². The zero-order chi connectivity index (χ0) is 11.5. The molecule has 16 heavy (non-hydrogen) atoms. The van der Waals surface area contributed by atoms with Gasteiger partial charge in [0.25, 0.3) is 0 Å². The van der Waals surface area contributed by atoms with Crippen LogP contribution < -0.4 is 11.1 Å². The maximum absolute atomic E-state index is 5.62. The highest BCUT2D eigenvalue weighted by molar-refractivity contribution is 9.10. The molecule has 0 aromatic carbocycles. The van der Waals surface area contributed by atoms with E-state index < -0.39 is 0 Å². The molecule has 84 valence electrons. The normalized spacial score (nSPS) is 10.4. The number of hydrogen-bond donors (Lipinski definition) is 2. The van der Waals surface area contributed by atoms with Crippen LogP contribution in [0.3, 0.4) is 0 Å². The summed E-state index contributed by atoms with van der Waals surface area (Å²) in [5.41, 5.74) is 6.47. The number of nitrogens with two attached hydrogens (primary N) is 1. The van der Waals surface area contributed by atoms with Crippen LogP contribution >= 0.6 is 15.9 Å². The summed E-state index contributed by atoms with van der Waals surface area (Å²) >= 11 is 3.30. The molecule has 0 bridgehead atoms. The molecule has 0 radical (unpaired) electrons. The Labute approximate surface area is 100 Å². The van der Waals surface area contributed by atoms with Gasteiger partial charge in [0, 0.05) is 6.07 Å². The van der Waals surface area contributed by atoms with Crippen LogP contribution in [0.2, 0.25) is 0 Å². The minimum Gasteiger partial charge on any atom is -0.383 e. The van der Waals surface area contributed by atoms with Crippen molar-refractivity contribution >= 4 is 27.6 Å². The second-order valence-corrected chi connectivity index (χ2v) is 4.00. The van der Waals surface area contributed by atoms with Gasteiger partial charge in [-0.2, -0.15) is 0 Å². The monoisotopic (exact) mass is 283 g/mol. The van der Waals surface area contributed by atoms with Gasteiger partial charge in [-0.05, 0) is 22.9 Å². The Hall–Kier alpha value is -1.63. The van der Waals surface area contributed by atoms with E-state index in [2.05, 4.69) is 36.4 Å². The van der Waals surface area contributed by atoms with E-state index in [9.17, 15) is 0 Å². The van der Waals surface area contributed by atoms with E-state index in [0.717, 1.165) is 11.5 Å². The molecule has 3 N–H and O–H groups in total. The maximum atomic E-state index is 5.62. The smallest absolute Gasteiger partial charge is 0.156 e. The molecule has 6 nitrogen and oxygen atoms in total. The quantitative estimate of drug-likeness (QED) is 0.892. The Bertz CT molecular complexity index is 498. The van der Waals surface area contributed by atoms with Gasteiger partial charge in [0.1, 0.15) is 22.4 Å². The van der Waals surface area contributed by atoms with Crippen LogP contribution in [0.4, 0.5) is 11.6 Å². The number of hydrogen-bond acceptors (Lipinski definition) is 6. The molecule has 0 fully saturated rings. The first kappa shape index (κ1) is 10.9. The molecule has 2 aromatic rings. The van der Waals surface area contributed by atoms with Gasteiger partial charge in [-0.1, -0.05) is 5.16 Å². The summed E-state index contributed by atoms with van der Waals surface area (Å²) in [5.74, 6) is 1.76. The first-order valence-corrected chi connectivity index (χ1v) is 5.38. The fourth-order valence-corrected chi connectivity index (χ4v) is 1.52. The number of nitrogens with one attached hydrogen (secondary N) is 1. The lowest BCUT2D eigenvalue weighted by Gasteiger charge is -2.05. The van der Waals surface area contributed by atoms with E-state index in [1.165, 1.54) is 6.33 Å². The van der Waals surface area contributed by atoms with Crippen LogP contribution in [0.5, 0.6) is 0 Å². The number of rotatable bonds is 3. The number of halogens is 1. The lowest BCUT2D eigenvalue weighted by molar-refractivity contribution is 0.384. The van der Waals surface area contributed by atoms with Crippen molar-refractivity contribution in [2.75, 3.05) is 11.1 Å². The van der Waals surface area contributed by atoms with Gasteiger partial charge < -0.3 is 15.6 Å². The first-order valence-electron chi connectivity index (χ1n) is 4.59. The molecule has 0 unspecified atom stereocenters. The van der Waals surface area contributed by atoms with Crippen LogP contribution in [0.25, 0.3) is 0 Å². The van der Waals surface area contributed by atoms with Crippen molar-refractivity contribution in [2.24, 2.45) is 0 Å². The summed E-state index contributed by atoms with van der Waals surface area (Å²) < 4.78 is 5.70. The molecule has 2 aromatic heterocycles. The van der Waals surface area contributed by atoms with Crippen LogP contribution in [0.15, 0.2) is 21.4 Å². The Morgan fingerprint density at radius 1 is 1.50 bits per heavy atom. The predicted octanol–water partition coefficient (Wildman–Crippen LogP) is 1.73. The van der Waals surface area contributed by atoms with E-state index >= 15 is 0 Å². The molecule has 0 atom stereocenters. The van der Waals surface area contributed by atoms with Gasteiger partial charge in [0.05, 0.1) is 12.2 Å². The molecule has 2 heterocycles. The van der Waals surface area contributed by atoms with Crippen molar-refractivity contribution in [1.82, 2.24) is 15.1 Å². The first-order chi connectivity index (χ1) is 7.66. The predicted molar refractivity (Wildman–Crippen MR) is 62.7 cm³/mol. The maximum Gasteiger partial charge on any atom is 0.156 e. The van der Waals surface area contributed by atoms with Crippen LogP contribution in [0.1, 0.15) is 11.5 Å². The summed E-state index contributed by atoms with van der Waals surface area (Å²) in [4.78, 5) is 7.89. The van der Waals surface area contributed by atoms with Crippen LogP contribution in [0, 0.1) is 6.92 Å². The lowest BCUT2D eigenvalue weighted by Crippen LogP contribution is -2.04. The Morgan fingerprint density at radius 2 is 2.31 bits per heavy atom. The fourth-order valence-electron chi connectivity index (χ4n) is 1.18. The zero-order valence-electron chi connectivity index (χ0n) is 8.57. The summed E-state index contributed by atoms with van der Waals surface area (Å²) in [6.07, 6.45) is 1.40. The van der Waals surface area contributed by atoms with E-state index in [0.29, 0.717) is 22.7 Å². The molecular weight excluding hydrogens is 274 g/mol. The van der Waals surface area contributed by atoms with Gasteiger partial charge in [-0.25, -0.2) is 9.97 Å². The van der Waals surface area contributed by atoms with Gasteiger partial charge in [0.15, 0.2) is 5.76 Å².